The number of methoxy groups -OCH3 is 1. The lowest BCUT2D eigenvalue weighted by molar-refractivity contribution is -0.123. The van der Waals surface area contributed by atoms with Crippen LogP contribution in [-0.2, 0) is 10.2 Å². The highest BCUT2D eigenvalue weighted by Crippen LogP contribution is 2.39. The van der Waals surface area contributed by atoms with Gasteiger partial charge < -0.3 is 20.5 Å². The Bertz CT molecular complexity index is 552. The number of aliphatic hydroxyl groups excluding tert-OH is 1. The fourth-order valence-corrected chi connectivity index (χ4v) is 4.04. The van der Waals surface area contributed by atoms with Crippen LogP contribution in [0.25, 0.3) is 0 Å². The maximum absolute atomic E-state index is 12.4. The third-order valence-corrected chi connectivity index (χ3v) is 5.54. The second-order valence-electron chi connectivity index (χ2n) is 7.14. The molecule has 0 aromatic heterocycles. The molecule has 1 heterocycles. The Hall–Kier alpha value is -1.59. The third kappa shape index (κ3) is 3.73. The molecule has 132 valence electrons. The second kappa shape index (κ2) is 7.53. The first-order valence-corrected chi connectivity index (χ1v) is 8.97. The number of nitrogens with one attached hydrogen (secondary N) is 2. The molecular formula is C19H28N2O3. The van der Waals surface area contributed by atoms with Crippen molar-refractivity contribution in [2.45, 2.75) is 56.1 Å². The van der Waals surface area contributed by atoms with Gasteiger partial charge in [0.1, 0.15) is 5.75 Å². The number of β-amino-alcohol motifs (C(OH)–C–C–N with tert-alkyl or cyclic N) is 1. The Morgan fingerprint density at radius 1 is 1.29 bits per heavy atom. The maximum Gasteiger partial charge on any atom is 0.237 e. The summed E-state index contributed by atoms with van der Waals surface area (Å²) < 4.78 is 5.26. The molecule has 5 heteroatoms. The molecule has 1 saturated carbocycles. The summed E-state index contributed by atoms with van der Waals surface area (Å²) in [6.07, 6.45) is 5.94. The molecule has 24 heavy (non-hydrogen) atoms. The molecule has 2 fully saturated rings. The van der Waals surface area contributed by atoms with E-state index in [-0.39, 0.29) is 17.4 Å². The van der Waals surface area contributed by atoms with E-state index < -0.39 is 6.10 Å². The molecule has 5 nitrogen and oxygen atoms in total. The number of ether oxygens (including phenoxy) is 1. The normalized spacial score (nSPS) is 26.1. The zero-order chi connectivity index (χ0) is 17.0. The molecule has 1 aromatic rings. The number of amides is 1. The predicted molar refractivity (Wildman–Crippen MR) is 93.2 cm³/mol. The average Bonchev–Trinajstić information content (AvgIpc) is 3.07. The van der Waals surface area contributed by atoms with Gasteiger partial charge in [0.2, 0.25) is 5.91 Å². The van der Waals surface area contributed by atoms with Crippen molar-refractivity contribution in [2.24, 2.45) is 0 Å². The molecule has 0 spiro atoms. The zero-order valence-corrected chi connectivity index (χ0v) is 14.4. The van der Waals surface area contributed by atoms with Crippen molar-refractivity contribution in [1.29, 1.82) is 0 Å². The molecule has 0 radical (unpaired) electrons. The molecular weight excluding hydrogens is 304 g/mol. The van der Waals surface area contributed by atoms with E-state index in [9.17, 15) is 9.90 Å². The van der Waals surface area contributed by atoms with E-state index in [1.165, 1.54) is 24.8 Å². The van der Waals surface area contributed by atoms with E-state index in [0.29, 0.717) is 19.5 Å². The molecule has 1 aromatic carbocycles. The summed E-state index contributed by atoms with van der Waals surface area (Å²) in [5.41, 5.74) is 1.29. The smallest absolute Gasteiger partial charge is 0.237 e. The minimum absolute atomic E-state index is 0.00464. The highest BCUT2D eigenvalue weighted by atomic mass is 16.5. The molecule has 1 saturated heterocycles. The number of benzene rings is 1. The molecule has 2 atom stereocenters. The van der Waals surface area contributed by atoms with Crippen LogP contribution in [0.4, 0.5) is 0 Å². The van der Waals surface area contributed by atoms with E-state index in [1.807, 2.05) is 12.1 Å². The van der Waals surface area contributed by atoms with Crippen LogP contribution >= 0.6 is 0 Å². The maximum atomic E-state index is 12.4. The number of hydrogen-bond donors (Lipinski definition) is 3. The van der Waals surface area contributed by atoms with Crippen LogP contribution in [0.3, 0.4) is 0 Å². The van der Waals surface area contributed by atoms with E-state index in [2.05, 4.69) is 22.8 Å². The van der Waals surface area contributed by atoms with Crippen LogP contribution in [0.1, 0.15) is 44.1 Å². The summed E-state index contributed by atoms with van der Waals surface area (Å²) in [4.78, 5) is 12.4. The van der Waals surface area contributed by atoms with Crippen LogP contribution in [-0.4, -0.2) is 43.4 Å². The fourth-order valence-electron chi connectivity index (χ4n) is 4.04. The van der Waals surface area contributed by atoms with Crippen LogP contribution in [0.15, 0.2) is 24.3 Å². The summed E-state index contributed by atoms with van der Waals surface area (Å²) >= 11 is 0. The molecule has 1 aliphatic heterocycles. The molecule has 1 aliphatic carbocycles. The van der Waals surface area contributed by atoms with Crippen molar-refractivity contribution < 1.29 is 14.6 Å². The van der Waals surface area contributed by atoms with Crippen LogP contribution < -0.4 is 15.4 Å². The predicted octanol–water partition coefficient (Wildman–Crippen LogP) is 1.74. The Balaban J connectivity index is 1.70. The molecule has 0 bridgehead atoms. The van der Waals surface area contributed by atoms with Crippen molar-refractivity contribution in [3.63, 3.8) is 0 Å². The monoisotopic (exact) mass is 332 g/mol. The zero-order valence-electron chi connectivity index (χ0n) is 14.4. The lowest BCUT2D eigenvalue weighted by Gasteiger charge is -2.38. The quantitative estimate of drug-likeness (QED) is 0.768. The van der Waals surface area contributed by atoms with Gasteiger partial charge in [0.15, 0.2) is 0 Å². The van der Waals surface area contributed by atoms with E-state index in [1.54, 1.807) is 7.11 Å². The minimum atomic E-state index is -0.411. The Labute approximate surface area is 143 Å². The highest BCUT2D eigenvalue weighted by Gasteiger charge is 2.36. The molecule has 1 amide bonds. The SMILES string of the molecule is COc1ccc(C2(CNC(=O)C3CC(O)CN3)CCCCC2)cc1. The number of rotatable bonds is 5. The summed E-state index contributed by atoms with van der Waals surface area (Å²) in [5.74, 6) is 0.864. The summed E-state index contributed by atoms with van der Waals surface area (Å²) in [6.45, 7) is 1.16. The first kappa shape index (κ1) is 17.2. The van der Waals surface area contributed by atoms with Gasteiger partial charge in [0.25, 0.3) is 0 Å². The van der Waals surface area contributed by atoms with Crippen molar-refractivity contribution in [1.82, 2.24) is 10.6 Å². The Morgan fingerprint density at radius 2 is 2.00 bits per heavy atom. The summed E-state index contributed by atoms with van der Waals surface area (Å²) in [5, 5.41) is 15.8. The summed E-state index contributed by atoms with van der Waals surface area (Å²) in [6, 6.07) is 8.00. The van der Waals surface area contributed by atoms with Gasteiger partial charge in [-0.15, -0.1) is 0 Å². The molecule has 3 rings (SSSR count). The molecule has 2 aliphatic rings. The molecule has 2 unspecified atom stereocenters. The number of aliphatic hydroxyl groups is 1. The van der Waals surface area contributed by atoms with Crippen LogP contribution in [0, 0.1) is 0 Å². The number of carbonyl (C=O) groups is 1. The minimum Gasteiger partial charge on any atom is -0.497 e. The van der Waals surface area contributed by atoms with Crippen LogP contribution in [0.2, 0.25) is 0 Å². The van der Waals surface area contributed by atoms with Gasteiger partial charge in [-0.1, -0.05) is 31.4 Å². The second-order valence-corrected chi connectivity index (χ2v) is 7.14. The van der Waals surface area contributed by atoms with E-state index in [4.69, 9.17) is 4.74 Å². The van der Waals surface area contributed by atoms with Crippen molar-refractivity contribution in [3.8, 4) is 5.75 Å². The van der Waals surface area contributed by atoms with Crippen molar-refractivity contribution in [2.75, 3.05) is 20.2 Å². The Kier molecular flexibility index (Phi) is 5.41. The lowest BCUT2D eigenvalue weighted by atomic mass is 9.69. The van der Waals surface area contributed by atoms with Gasteiger partial charge in [-0.2, -0.15) is 0 Å². The van der Waals surface area contributed by atoms with E-state index in [0.717, 1.165) is 18.6 Å². The van der Waals surface area contributed by atoms with Gasteiger partial charge in [-0.3, -0.25) is 4.79 Å². The largest absolute Gasteiger partial charge is 0.497 e. The first-order chi connectivity index (χ1) is 11.6. The third-order valence-electron chi connectivity index (χ3n) is 5.54. The van der Waals surface area contributed by atoms with Crippen LogP contribution in [0.5, 0.6) is 5.75 Å². The number of carbonyl (C=O) groups excluding carboxylic acids is 1. The van der Waals surface area contributed by atoms with Gasteiger partial charge in [0, 0.05) is 18.5 Å². The number of hydrogen-bond acceptors (Lipinski definition) is 4. The standard InChI is InChI=1S/C19H28N2O3/c1-24-16-7-5-14(6-8-16)19(9-3-2-4-10-19)13-21-18(23)17-11-15(22)12-20-17/h5-8,15,17,20,22H,2-4,9-13H2,1H3,(H,21,23). The van der Waals surface area contributed by atoms with Gasteiger partial charge >= 0.3 is 0 Å². The topological polar surface area (TPSA) is 70.6 Å². The first-order valence-electron chi connectivity index (χ1n) is 8.97. The van der Waals surface area contributed by atoms with Gasteiger partial charge in [-0.25, -0.2) is 0 Å². The lowest BCUT2D eigenvalue weighted by Crippen LogP contribution is -2.47. The Morgan fingerprint density at radius 3 is 2.58 bits per heavy atom. The average molecular weight is 332 g/mol. The van der Waals surface area contributed by atoms with Gasteiger partial charge in [-0.05, 0) is 37.0 Å². The van der Waals surface area contributed by atoms with E-state index >= 15 is 0 Å². The van der Waals surface area contributed by atoms with Gasteiger partial charge in [0.05, 0.1) is 19.3 Å². The molecule has 3 N–H and O–H groups in total. The highest BCUT2D eigenvalue weighted by molar-refractivity contribution is 5.82. The fraction of sp³-hybridized carbons (Fsp3) is 0.632. The van der Waals surface area contributed by atoms with Crippen molar-refractivity contribution in [3.05, 3.63) is 29.8 Å². The van der Waals surface area contributed by atoms with Crippen molar-refractivity contribution >= 4 is 5.91 Å². The summed E-state index contributed by atoms with van der Waals surface area (Å²) in [7, 11) is 1.68.